The van der Waals surface area contributed by atoms with E-state index in [0.717, 1.165) is 0 Å². The van der Waals surface area contributed by atoms with Crippen LogP contribution in [-0.4, -0.2) is 33.3 Å². The Bertz CT molecular complexity index is 627. The molecule has 0 saturated heterocycles. The summed E-state index contributed by atoms with van der Waals surface area (Å²) in [6, 6.07) is 4.31. The van der Waals surface area contributed by atoms with Gasteiger partial charge in [-0.2, -0.15) is 0 Å². The molecule has 0 bridgehead atoms. The molecule has 2 amide bonds. The summed E-state index contributed by atoms with van der Waals surface area (Å²) in [6.07, 6.45) is 0. The highest BCUT2D eigenvalue weighted by Gasteiger charge is 2.13. The first-order valence-corrected chi connectivity index (χ1v) is 7.18. The van der Waals surface area contributed by atoms with E-state index in [9.17, 15) is 18.0 Å². The van der Waals surface area contributed by atoms with E-state index in [0.29, 0.717) is 5.56 Å². The Kier molecular flexibility index (Phi) is 5.19. The van der Waals surface area contributed by atoms with Gasteiger partial charge in [-0.3, -0.25) is 9.59 Å². The lowest BCUT2D eigenvalue weighted by atomic mass is 10.2. The summed E-state index contributed by atoms with van der Waals surface area (Å²) >= 11 is 0. The van der Waals surface area contributed by atoms with Crippen molar-refractivity contribution in [3.8, 4) is 0 Å². The maximum absolute atomic E-state index is 11.5. The molecule has 0 saturated carbocycles. The van der Waals surface area contributed by atoms with Crippen molar-refractivity contribution in [3.05, 3.63) is 23.8 Å². The van der Waals surface area contributed by atoms with Gasteiger partial charge in [0.2, 0.25) is 21.8 Å². The Labute approximate surface area is 116 Å². The molecule has 1 aromatic rings. The lowest BCUT2D eigenvalue weighted by Crippen LogP contribution is -2.36. The minimum absolute atomic E-state index is 0.0682. The molecule has 0 fully saturated rings. The Morgan fingerprint density at radius 3 is 2.45 bits per heavy atom. The van der Waals surface area contributed by atoms with E-state index >= 15 is 0 Å². The number of nitrogens with one attached hydrogen (secondary N) is 2. The third-order valence-corrected chi connectivity index (χ3v) is 3.46. The number of amides is 2. The summed E-state index contributed by atoms with van der Waals surface area (Å²) < 4.78 is 22.7. The topological polar surface area (TPSA) is 144 Å². The number of nitrogens with two attached hydrogens (primary N) is 2. The van der Waals surface area contributed by atoms with Crippen molar-refractivity contribution < 1.29 is 18.0 Å². The lowest BCUT2D eigenvalue weighted by Gasteiger charge is -2.09. The van der Waals surface area contributed by atoms with E-state index < -0.39 is 21.8 Å². The average Bonchev–Trinajstić information content (AvgIpc) is 2.37. The summed E-state index contributed by atoms with van der Waals surface area (Å²) in [5, 5.41) is 9.80. The van der Waals surface area contributed by atoms with E-state index in [1.54, 1.807) is 6.92 Å². The van der Waals surface area contributed by atoms with Crippen molar-refractivity contribution in [2.24, 2.45) is 10.9 Å². The molecular weight excluding hydrogens is 284 g/mol. The van der Waals surface area contributed by atoms with E-state index in [1.165, 1.54) is 18.2 Å². The number of hydrogen-bond acceptors (Lipinski definition) is 5. The van der Waals surface area contributed by atoms with Crippen LogP contribution in [0, 0.1) is 6.92 Å². The maximum Gasteiger partial charge on any atom is 0.243 e. The van der Waals surface area contributed by atoms with Crippen LogP contribution < -0.4 is 21.5 Å². The summed E-state index contributed by atoms with van der Waals surface area (Å²) in [7, 11) is -3.86. The number of rotatable bonds is 5. The second-order valence-corrected chi connectivity index (χ2v) is 5.58. The fourth-order valence-electron chi connectivity index (χ4n) is 1.44. The second kappa shape index (κ2) is 6.46. The number of aryl methyl sites for hydroxylation is 1. The number of anilines is 1. The van der Waals surface area contributed by atoms with Gasteiger partial charge in [-0.25, -0.2) is 13.6 Å². The van der Waals surface area contributed by atoms with Crippen LogP contribution in [0.5, 0.6) is 0 Å². The molecule has 0 aliphatic heterocycles. The van der Waals surface area contributed by atoms with Crippen LogP contribution in [0.25, 0.3) is 0 Å². The molecule has 0 aliphatic carbocycles. The average molecular weight is 300 g/mol. The fourth-order valence-corrected chi connectivity index (χ4v) is 2.25. The highest BCUT2D eigenvalue weighted by molar-refractivity contribution is 7.89. The van der Waals surface area contributed by atoms with E-state index in [1.807, 2.05) is 0 Å². The third-order valence-electron chi connectivity index (χ3n) is 2.41. The van der Waals surface area contributed by atoms with Gasteiger partial charge >= 0.3 is 0 Å². The van der Waals surface area contributed by atoms with Crippen molar-refractivity contribution in [1.29, 1.82) is 0 Å². The van der Waals surface area contributed by atoms with Crippen molar-refractivity contribution in [2.75, 3.05) is 18.4 Å². The Morgan fingerprint density at radius 1 is 1.25 bits per heavy atom. The van der Waals surface area contributed by atoms with Crippen LogP contribution in [-0.2, 0) is 19.6 Å². The minimum atomic E-state index is -3.86. The smallest absolute Gasteiger partial charge is 0.243 e. The first-order chi connectivity index (χ1) is 9.24. The third kappa shape index (κ3) is 4.61. The highest BCUT2D eigenvalue weighted by atomic mass is 32.2. The molecule has 0 heterocycles. The molecule has 9 heteroatoms. The van der Waals surface area contributed by atoms with E-state index in [4.69, 9.17) is 10.9 Å². The lowest BCUT2D eigenvalue weighted by molar-refractivity contribution is -0.123. The predicted molar refractivity (Wildman–Crippen MR) is 73.2 cm³/mol. The van der Waals surface area contributed by atoms with Crippen LogP contribution in [0.1, 0.15) is 5.56 Å². The number of carbonyl (C=O) groups excluding carboxylic acids is 2. The zero-order valence-electron chi connectivity index (χ0n) is 10.8. The fraction of sp³-hybridized carbons (Fsp3) is 0.273. The van der Waals surface area contributed by atoms with Crippen LogP contribution in [0.2, 0.25) is 0 Å². The zero-order chi connectivity index (χ0) is 15.3. The normalized spacial score (nSPS) is 10.9. The van der Waals surface area contributed by atoms with Crippen molar-refractivity contribution in [1.82, 2.24) is 5.32 Å². The van der Waals surface area contributed by atoms with Gasteiger partial charge in [-0.1, -0.05) is 6.07 Å². The molecule has 20 heavy (non-hydrogen) atoms. The van der Waals surface area contributed by atoms with E-state index in [-0.39, 0.29) is 23.7 Å². The molecule has 0 unspecified atom stereocenters. The summed E-state index contributed by atoms with van der Waals surface area (Å²) in [5.74, 6) is -0.967. The quantitative estimate of drug-likeness (QED) is 0.531. The summed E-state index contributed by atoms with van der Waals surface area (Å²) in [6.45, 7) is 1.12. The van der Waals surface area contributed by atoms with Crippen LogP contribution >= 0.6 is 0 Å². The molecule has 8 nitrogen and oxygen atoms in total. The molecule has 1 rings (SSSR count). The summed E-state index contributed by atoms with van der Waals surface area (Å²) in [5.41, 5.74) is 5.81. The predicted octanol–water partition coefficient (Wildman–Crippen LogP) is -1.34. The SMILES string of the molecule is Cc1ccc(NC(=O)CNC(=O)CN)cc1S(N)(=O)=O. The van der Waals surface area contributed by atoms with Crippen molar-refractivity contribution >= 4 is 27.5 Å². The van der Waals surface area contributed by atoms with Gasteiger partial charge < -0.3 is 16.4 Å². The molecule has 1 aromatic carbocycles. The second-order valence-electron chi connectivity index (χ2n) is 4.05. The number of carbonyl (C=O) groups is 2. The first-order valence-electron chi connectivity index (χ1n) is 5.64. The number of benzene rings is 1. The molecule has 0 spiro atoms. The Morgan fingerprint density at radius 2 is 1.90 bits per heavy atom. The van der Waals surface area contributed by atoms with Gasteiger partial charge in [0.15, 0.2) is 0 Å². The Balaban J connectivity index is 2.79. The van der Waals surface area contributed by atoms with Gasteiger partial charge in [-0.05, 0) is 24.6 Å². The molecule has 6 N–H and O–H groups in total. The number of primary sulfonamides is 1. The van der Waals surface area contributed by atoms with Gasteiger partial charge in [0.25, 0.3) is 0 Å². The van der Waals surface area contributed by atoms with Crippen molar-refractivity contribution in [3.63, 3.8) is 0 Å². The monoisotopic (exact) mass is 300 g/mol. The molecule has 0 radical (unpaired) electrons. The van der Waals surface area contributed by atoms with Gasteiger partial charge in [0.05, 0.1) is 18.0 Å². The number of sulfonamides is 1. The zero-order valence-corrected chi connectivity index (χ0v) is 11.7. The van der Waals surface area contributed by atoms with Gasteiger partial charge in [0, 0.05) is 5.69 Å². The van der Waals surface area contributed by atoms with Crippen LogP contribution in [0.4, 0.5) is 5.69 Å². The molecule has 0 aromatic heterocycles. The molecule has 0 aliphatic rings. The number of hydrogen-bond donors (Lipinski definition) is 4. The molecule has 110 valence electrons. The molecule has 0 atom stereocenters. The first kappa shape index (κ1) is 16.1. The van der Waals surface area contributed by atoms with Crippen molar-refractivity contribution in [2.45, 2.75) is 11.8 Å². The van der Waals surface area contributed by atoms with Crippen LogP contribution in [0.15, 0.2) is 23.1 Å². The maximum atomic E-state index is 11.5. The van der Waals surface area contributed by atoms with E-state index in [2.05, 4.69) is 10.6 Å². The van der Waals surface area contributed by atoms with Gasteiger partial charge in [-0.15, -0.1) is 0 Å². The van der Waals surface area contributed by atoms with Gasteiger partial charge in [0.1, 0.15) is 0 Å². The standard InChI is InChI=1S/C11H16N4O4S/c1-7-2-3-8(4-9(7)20(13,18)19)15-11(17)6-14-10(16)5-12/h2-4H,5-6,12H2,1H3,(H,14,16)(H,15,17)(H2,13,18,19). The largest absolute Gasteiger partial charge is 0.346 e. The molecular formula is C11H16N4O4S. The highest BCUT2D eigenvalue weighted by Crippen LogP contribution is 2.18. The Hall–Kier alpha value is -1.97. The minimum Gasteiger partial charge on any atom is -0.346 e. The summed E-state index contributed by atoms with van der Waals surface area (Å²) in [4.78, 5) is 22.4. The van der Waals surface area contributed by atoms with Crippen LogP contribution in [0.3, 0.4) is 0 Å².